The number of nitrogens with one attached hydrogen (secondary N) is 1. The number of ether oxygens (including phenoxy) is 1. The number of nitrogens with zero attached hydrogens (tertiary/aromatic N) is 3. The number of hydrogen-bond acceptors (Lipinski definition) is 4. The molecule has 152 valence electrons. The van der Waals surface area contributed by atoms with Crippen molar-refractivity contribution in [3.8, 4) is 11.3 Å². The highest BCUT2D eigenvalue weighted by molar-refractivity contribution is 6.33. The lowest BCUT2D eigenvalue weighted by molar-refractivity contribution is 0.0812. The average Bonchev–Trinajstić information content (AvgIpc) is 3.16. The second-order valence-corrected chi connectivity index (χ2v) is 6.94. The Morgan fingerprint density at radius 2 is 2.14 bits per heavy atom. The van der Waals surface area contributed by atoms with Crippen LogP contribution < -0.4 is 10.9 Å². The Morgan fingerprint density at radius 1 is 1.38 bits per heavy atom. The molecule has 1 aromatic carbocycles. The van der Waals surface area contributed by atoms with Crippen molar-refractivity contribution in [2.24, 2.45) is 0 Å². The first-order chi connectivity index (χ1) is 14.0. The van der Waals surface area contributed by atoms with Crippen LogP contribution in [0.5, 0.6) is 0 Å². The van der Waals surface area contributed by atoms with Gasteiger partial charge in [0, 0.05) is 43.2 Å². The molecule has 1 atom stereocenters. The fraction of sp³-hybridized carbons (Fsp3) is 0.286. The number of amides is 1. The van der Waals surface area contributed by atoms with Crippen molar-refractivity contribution < 1.29 is 9.53 Å². The molecular weight excluding hydrogens is 392 g/mol. The number of allylic oxidation sites excluding steroid dienone is 1. The summed E-state index contributed by atoms with van der Waals surface area (Å²) in [5.41, 5.74) is 1.31. The maximum absolute atomic E-state index is 13.1. The first kappa shape index (κ1) is 20.8. The zero-order chi connectivity index (χ0) is 21.0. The Bertz CT molecular complexity index is 1100. The summed E-state index contributed by atoms with van der Waals surface area (Å²) in [6.07, 6.45) is 5.61. The number of rotatable bonds is 8. The van der Waals surface area contributed by atoms with E-state index in [9.17, 15) is 9.59 Å². The van der Waals surface area contributed by atoms with Crippen molar-refractivity contribution >= 4 is 23.2 Å². The third-order valence-electron chi connectivity index (χ3n) is 4.69. The van der Waals surface area contributed by atoms with Crippen molar-refractivity contribution in [2.75, 3.05) is 13.7 Å². The SMILES string of the molecule is C=CCn1c(-c2ccccc2Cl)cn2cc(C(=O)NC[C@H](CC)OC)nc2c1=O. The summed E-state index contributed by atoms with van der Waals surface area (Å²) >= 11 is 6.35. The van der Waals surface area contributed by atoms with Gasteiger partial charge in [0.2, 0.25) is 5.65 Å². The van der Waals surface area contributed by atoms with Gasteiger partial charge in [-0.2, -0.15) is 0 Å². The molecule has 0 saturated heterocycles. The normalized spacial score (nSPS) is 12.1. The topological polar surface area (TPSA) is 77.6 Å². The lowest BCUT2D eigenvalue weighted by atomic mass is 10.1. The van der Waals surface area contributed by atoms with E-state index in [1.165, 1.54) is 4.57 Å². The molecule has 0 bridgehead atoms. The maximum Gasteiger partial charge on any atom is 0.295 e. The Labute approximate surface area is 173 Å². The van der Waals surface area contributed by atoms with E-state index in [4.69, 9.17) is 16.3 Å². The molecule has 7 nitrogen and oxygen atoms in total. The van der Waals surface area contributed by atoms with Crippen LogP contribution >= 0.6 is 11.6 Å². The molecule has 1 amide bonds. The van der Waals surface area contributed by atoms with Crippen molar-refractivity contribution in [3.63, 3.8) is 0 Å². The van der Waals surface area contributed by atoms with Gasteiger partial charge in [-0.05, 0) is 12.5 Å². The van der Waals surface area contributed by atoms with Crippen LogP contribution in [0, 0.1) is 0 Å². The van der Waals surface area contributed by atoms with Gasteiger partial charge in [-0.1, -0.05) is 42.8 Å². The Hall–Kier alpha value is -2.90. The lowest BCUT2D eigenvalue weighted by Crippen LogP contribution is -2.33. The molecule has 3 rings (SSSR count). The number of carbonyl (C=O) groups excluding carboxylic acids is 1. The van der Waals surface area contributed by atoms with Gasteiger partial charge in [0.15, 0.2) is 0 Å². The Kier molecular flexibility index (Phi) is 6.51. The number of imidazole rings is 1. The highest BCUT2D eigenvalue weighted by atomic mass is 35.5. The summed E-state index contributed by atoms with van der Waals surface area (Å²) < 4.78 is 8.36. The molecule has 2 aromatic heterocycles. The van der Waals surface area contributed by atoms with Gasteiger partial charge in [-0.3, -0.25) is 18.6 Å². The molecule has 0 aliphatic carbocycles. The lowest BCUT2D eigenvalue weighted by Gasteiger charge is -2.13. The monoisotopic (exact) mass is 414 g/mol. The third kappa shape index (κ3) is 4.26. The minimum absolute atomic E-state index is 0.0763. The molecule has 2 heterocycles. The van der Waals surface area contributed by atoms with Crippen LogP contribution in [-0.4, -0.2) is 39.6 Å². The van der Waals surface area contributed by atoms with Gasteiger partial charge in [-0.15, -0.1) is 6.58 Å². The van der Waals surface area contributed by atoms with Gasteiger partial charge in [-0.25, -0.2) is 4.98 Å². The number of methoxy groups -OCH3 is 1. The van der Waals surface area contributed by atoms with E-state index in [1.54, 1.807) is 36.0 Å². The number of halogens is 1. The smallest absolute Gasteiger partial charge is 0.295 e. The molecule has 0 spiro atoms. The van der Waals surface area contributed by atoms with Gasteiger partial charge in [0.1, 0.15) is 5.69 Å². The number of fused-ring (bicyclic) bond motifs is 1. The van der Waals surface area contributed by atoms with E-state index < -0.39 is 0 Å². The van der Waals surface area contributed by atoms with Gasteiger partial charge >= 0.3 is 0 Å². The highest BCUT2D eigenvalue weighted by Crippen LogP contribution is 2.27. The van der Waals surface area contributed by atoms with Gasteiger partial charge in [0.05, 0.1) is 11.8 Å². The zero-order valence-electron chi connectivity index (χ0n) is 16.4. The first-order valence-corrected chi connectivity index (χ1v) is 9.67. The number of carbonyl (C=O) groups is 1. The van der Waals surface area contributed by atoms with Crippen molar-refractivity contribution in [1.29, 1.82) is 0 Å². The van der Waals surface area contributed by atoms with E-state index in [-0.39, 0.29) is 35.5 Å². The van der Waals surface area contributed by atoms with Crippen LogP contribution in [0.2, 0.25) is 5.02 Å². The molecule has 0 aliphatic rings. The molecular formula is C21H23ClN4O3. The summed E-state index contributed by atoms with van der Waals surface area (Å²) in [6.45, 7) is 6.36. The molecule has 8 heteroatoms. The molecule has 3 aromatic rings. The second-order valence-electron chi connectivity index (χ2n) is 6.53. The molecule has 0 saturated carbocycles. The predicted molar refractivity (Wildman–Crippen MR) is 114 cm³/mol. The van der Waals surface area contributed by atoms with Crippen LogP contribution in [0.25, 0.3) is 16.9 Å². The van der Waals surface area contributed by atoms with Crippen molar-refractivity contribution in [1.82, 2.24) is 19.3 Å². The third-order valence-corrected chi connectivity index (χ3v) is 5.02. The predicted octanol–water partition coefficient (Wildman–Crippen LogP) is 3.16. The largest absolute Gasteiger partial charge is 0.380 e. The molecule has 0 unspecified atom stereocenters. The number of hydrogen-bond donors (Lipinski definition) is 1. The summed E-state index contributed by atoms with van der Waals surface area (Å²) in [7, 11) is 1.60. The van der Waals surface area contributed by atoms with E-state index in [2.05, 4.69) is 16.9 Å². The fourth-order valence-electron chi connectivity index (χ4n) is 3.08. The van der Waals surface area contributed by atoms with Crippen molar-refractivity contribution in [3.05, 3.63) is 70.4 Å². The van der Waals surface area contributed by atoms with Crippen LogP contribution in [0.4, 0.5) is 0 Å². The highest BCUT2D eigenvalue weighted by Gasteiger charge is 2.18. The molecule has 0 radical (unpaired) electrons. The molecule has 0 fully saturated rings. The first-order valence-electron chi connectivity index (χ1n) is 9.29. The maximum atomic E-state index is 13.1. The number of aromatic nitrogens is 3. The average molecular weight is 415 g/mol. The van der Waals surface area contributed by atoms with Gasteiger partial charge < -0.3 is 10.1 Å². The summed E-state index contributed by atoms with van der Waals surface area (Å²) in [5, 5.41) is 3.31. The standard InChI is InChI=1S/C21H23ClN4O3/c1-4-10-26-18(15-8-6-7-9-16(15)22)13-25-12-17(24-19(25)21(26)28)20(27)23-11-14(5-2)29-3/h4,6-9,12-14H,1,5,10-11H2,2-3H3,(H,23,27)/t14-/m0/s1. The summed E-state index contributed by atoms with van der Waals surface area (Å²) in [5.74, 6) is -0.363. The Balaban J connectivity index is 2.06. The Morgan fingerprint density at radius 3 is 2.79 bits per heavy atom. The van der Waals surface area contributed by atoms with Crippen LogP contribution in [0.3, 0.4) is 0 Å². The van der Waals surface area contributed by atoms with Crippen molar-refractivity contribution in [2.45, 2.75) is 26.0 Å². The van der Waals surface area contributed by atoms with Crippen LogP contribution in [-0.2, 0) is 11.3 Å². The summed E-state index contributed by atoms with van der Waals surface area (Å²) in [6, 6.07) is 7.27. The zero-order valence-corrected chi connectivity index (χ0v) is 17.1. The van der Waals surface area contributed by atoms with Crippen LogP contribution in [0.15, 0.2) is 54.1 Å². The van der Waals surface area contributed by atoms with Gasteiger partial charge in [0.25, 0.3) is 11.5 Å². The van der Waals surface area contributed by atoms with E-state index in [1.807, 2.05) is 25.1 Å². The number of benzene rings is 1. The molecule has 29 heavy (non-hydrogen) atoms. The van der Waals surface area contributed by atoms with Crippen LogP contribution in [0.1, 0.15) is 23.8 Å². The second kappa shape index (κ2) is 9.07. The summed E-state index contributed by atoms with van der Waals surface area (Å²) in [4.78, 5) is 29.8. The minimum Gasteiger partial charge on any atom is -0.380 e. The van der Waals surface area contributed by atoms with E-state index >= 15 is 0 Å². The minimum atomic E-state index is -0.363. The molecule has 0 aliphatic heterocycles. The fourth-order valence-corrected chi connectivity index (χ4v) is 3.31. The van der Waals surface area contributed by atoms with E-state index in [0.717, 1.165) is 6.42 Å². The quantitative estimate of drug-likeness (QED) is 0.574. The van der Waals surface area contributed by atoms with E-state index in [0.29, 0.717) is 22.8 Å². The molecule has 1 N–H and O–H groups in total.